The van der Waals surface area contributed by atoms with E-state index in [0.29, 0.717) is 5.92 Å². The van der Waals surface area contributed by atoms with Crippen molar-refractivity contribution in [3.63, 3.8) is 0 Å². The molecule has 0 aliphatic rings. The maximum atomic E-state index is 3.52. The van der Waals surface area contributed by atoms with Gasteiger partial charge in [0.1, 0.15) is 0 Å². The average Bonchev–Trinajstić information content (AvgIpc) is 2.31. The number of hydrogen-bond acceptors (Lipinski definition) is 1. The van der Waals surface area contributed by atoms with E-state index in [-0.39, 0.29) is 5.41 Å². The van der Waals surface area contributed by atoms with Crippen LogP contribution in [0.25, 0.3) is 0 Å². The molecule has 1 N–H and O–H groups in total. The molecular weight excluding hydrogens is 194 g/mol. The first kappa shape index (κ1) is 13.2. The van der Waals surface area contributed by atoms with Gasteiger partial charge in [-0.1, -0.05) is 58.0 Å². The number of benzene rings is 1. The summed E-state index contributed by atoms with van der Waals surface area (Å²) in [5.41, 5.74) is 1.74. The van der Waals surface area contributed by atoms with Gasteiger partial charge in [-0.15, -0.1) is 0 Å². The Morgan fingerprint density at radius 1 is 1.12 bits per heavy atom. The lowest BCUT2D eigenvalue weighted by Crippen LogP contribution is -2.42. The zero-order valence-electron chi connectivity index (χ0n) is 11.1. The van der Waals surface area contributed by atoms with Crippen molar-refractivity contribution < 1.29 is 0 Å². The summed E-state index contributed by atoms with van der Waals surface area (Å²) < 4.78 is 0. The molecule has 0 saturated heterocycles. The van der Waals surface area contributed by atoms with E-state index in [1.165, 1.54) is 12.0 Å². The molecule has 0 aliphatic carbocycles. The van der Waals surface area contributed by atoms with E-state index < -0.39 is 0 Å². The first-order valence-corrected chi connectivity index (χ1v) is 6.43. The number of likely N-dealkylation sites (N-methyl/N-ethyl adjacent to an activating group) is 1. The minimum Gasteiger partial charge on any atom is -0.316 e. The van der Waals surface area contributed by atoms with Gasteiger partial charge in [0, 0.05) is 12.0 Å². The normalized spacial score (nSPS) is 15.1. The molecule has 16 heavy (non-hydrogen) atoms. The summed E-state index contributed by atoms with van der Waals surface area (Å²) in [6.45, 7) is 11.2. The van der Waals surface area contributed by atoms with Crippen LogP contribution < -0.4 is 5.32 Å². The van der Waals surface area contributed by atoms with Gasteiger partial charge in [-0.2, -0.15) is 0 Å². The predicted molar refractivity (Wildman–Crippen MR) is 71.8 cm³/mol. The number of hydrogen-bond donors (Lipinski definition) is 1. The third-order valence-electron chi connectivity index (χ3n) is 3.78. The minimum atomic E-state index is 0.275. The Balaban J connectivity index is 3.02. The monoisotopic (exact) mass is 219 g/mol. The van der Waals surface area contributed by atoms with Gasteiger partial charge in [0.25, 0.3) is 0 Å². The first-order valence-electron chi connectivity index (χ1n) is 6.43. The smallest absolute Gasteiger partial charge is 0.00980 e. The fourth-order valence-electron chi connectivity index (χ4n) is 2.50. The molecule has 1 rings (SSSR count). The fourth-order valence-corrected chi connectivity index (χ4v) is 2.50. The van der Waals surface area contributed by atoms with Gasteiger partial charge in [-0.05, 0) is 24.4 Å². The lowest BCUT2D eigenvalue weighted by molar-refractivity contribution is 0.282. The van der Waals surface area contributed by atoms with Crippen molar-refractivity contribution in [1.82, 2.24) is 5.32 Å². The van der Waals surface area contributed by atoms with Crippen molar-refractivity contribution >= 4 is 0 Å². The van der Waals surface area contributed by atoms with Crippen LogP contribution in [-0.4, -0.2) is 13.1 Å². The highest BCUT2D eigenvalue weighted by Gasteiger charge is 2.33. The van der Waals surface area contributed by atoms with Crippen LogP contribution in [0.3, 0.4) is 0 Å². The van der Waals surface area contributed by atoms with Gasteiger partial charge in [-0.25, -0.2) is 0 Å². The van der Waals surface area contributed by atoms with Crippen molar-refractivity contribution in [3.05, 3.63) is 35.9 Å². The van der Waals surface area contributed by atoms with Gasteiger partial charge in [0.15, 0.2) is 0 Å². The Hall–Kier alpha value is -0.820. The summed E-state index contributed by atoms with van der Waals surface area (Å²) in [7, 11) is 0. The maximum absolute atomic E-state index is 3.52. The van der Waals surface area contributed by atoms with Crippen molar-refractivity contribution in [1.29, 1.82) is 0 Å². The molecule has 0 heterocycles. The third-order valence-corrected chi connectivity index (χ3v) is 3.78. The van der Waals surface area contributed by atoms with Crippen LogP contribution in [0.15, 0.2) is 30.3 Å². The molecule has 0 bridgehead atoms. The Morgan fingerprint density at radius 2 is 1.75 bits per heavy atom. The van der Waals surface area contributed by atoms with Crippen molar-refractivity contribution in [3.8, 4) is 0 Å². The van der Waals surface area contributed by atoms with E-state index in [4.69, 9.17) is 0 Å². The molecule has 0 amide bonds. The summed E-state index contributed by atoms with van der Waals surface area (Å²) in [5.74, 6) is 0.652. The van der Waals surface area contributed by atoms with Gasteiger partial charge in [0.05, 0.1) is 0 Å². The second-order valence-electron chi connectivity index (χ2n) is 4.81. The van der Waals surface area contributed by atoms with E-state index in [2.05, 4.69) is 63.3 Å². The topological polar surface area (TPSA) is 12.0 Å². The SMILES string of the molecule is CCNCC(CC)(c1ccccc1)C(C)C. The Morgan fingerprint density at radius 3 is 2.19 bits per heavy atom. The molecular formula is C15H25N. The summed E-state index contributed by atoms with van der Waals surface area (Å²) >= 11 is 0. The molecule has 1 nitrogen and oxygen atoms in total. The van der Waals surface area contributed by atoms with Crippen molar-refractivity contribution in [2.75, 3.05) is 13.1 Å². The van der Waals surface area contributed by atoms with Crippen LogP contribution >= 0.6 is 0 Å². The lowest BCUT2D eigenvalue weighted by atomic mass is 9.69. The van der Waals surface area contributed by atoms with Gasteiger partial charge in [-0.3, -0.25) is 0 Å². The fraction of sp³-hybridized carbons (Fsp3) is 0.600. The summed E-state index contributed by atoms with van der Waals surface area (Å²) in [5, 5.41) is 3.52. The Kier molecular flexibility index (Phi) is 5.01. The van der Waals surface area contributed by atoms with Gasteiger partial charge < -0.3 is 5.32 Å². The van der Waals surface area contributed by atoms with Gasteiger partial charge in [0.2, 0.25) is 0 Å². The molecule has 0 saturated carbocycles. The molecule has 0 radical (unpaired) electrons. The van der Waals surface area contributed by atoms with E-state index in [9.17, 15) is 0 Å². The van der Waals surface area contributed by atoms with E-state index in [1.807, 2.05) is 0 Å². The molecule has 90 valence electrons. The maximum Gasteiger partial charge on any atom is 0.00980 e. The van der Waals surface area contributed by atoms with Crippen LogP contribution in [0.5, 0.6) is 0 Å². The zero-order valence-corrected chi connectivity index (χ0v) is 11.1. The summed E-state index contributed by atoms with van der Waals surface area (Å²) in [4.78, 5) is 0. The predicted octanol–water partition coefficient (Wildman–Crippen LogP) is 3.60. The molecule has 1 unspecified atom stereocenters. The number of nitrogens with one attached hydrogen (secondary N) is 1. The molecule has 1 aromatic rings. The lowest BCUT2D eigenvalue weighted by Gasteiger charge is -2.38. The minimum absolute atomic E-state index is 0.275. The Labute approximate surface area is 100 Å². The highest BCUT2D eigenvalue weighted by atomic mass is 14.9. The van der Waals surface area contributed by atoms with Gasteiger partial charge >= 0.3 is 0 Å². The molecule has 0 fully saturated rings. The highest BCUT2D eigenvalue weighted by molar-refractivity contribution is 5.26. The van der Waals surface area contributed by atoms with Crippen molar-refractivity contribution in [2.24, 2.45) is 5.92 Å². The Bertz CT molecular complexity index is 292. The van der Waals surface area contributed by atoms with Crippen LogP contribution in [0, 0.1) is 5.92 Å². The standard InChI is InChI=1S/C15H25N/c1-5-15(13(3)4,12-16-6-2)14-10-8-7-9-11-14/h7-11,13,16H,5-6,12H2,1-4H3. The third kappa shape index (κ3) is 2.65. The second kappa shape index (κ2) is 6.05. The average molecular weight is 219 g/mol. The van der Waals surface area contributed by atoms with Crippen LogP contribution in [0.2, 0.25) is 0 Å². The van der Waals surface area contributed by atoms with Crippen LogP contribution in [0.4, 0.5) is 0 Å². The zero-order chi connectivity index (χ0) is 12.0. The molecule has 0 aromatic heterocycles. The quantitative estimate of drug-likeness (QED) is 0.771. The molecule has 0 aliphatic heterocycles. The molecule has 1 aromatic carbocycles. The summed E-state index contributed by atoms with van der Waals surface area (Å²) in [6.07, 6.45) is 1.18. The number of rotatable bonds is 6. The van der Waals surface area contributed by atoms with E-state index >= 15 is 0 Å². The first-order chi connectivity index (χ1) is 7.67. The van der Waals surface area contributed by atoms with Crippen molar-refractivity contribution in [2.45, 2.75) is 39.5 Å². The molecule has 1 atom stereocenters. The van der Waals surface area contributed by atoms with E-state index in [0.717, 1.165) is 13.1 Å². The largest absolute Gasteiger partial charge is 0.316 e. The molecule has 1 heteroatoms. The van der Waals surface area contributed by atoms with E-state index in [1.54, 1.807) is 0 Å². The van der Waals surface area contributed by atoms with Crippen LogP contribution in [0.1, 0.15) is 39.7 Å². The summed E-state index contributed by atoms with van der Waals surface area (Å²) in [6, 6.07) is 10.9. The highest BCUT2D eigenvalue weighted by Crippen LogP contribution is 2.35. The second-order valence-corrected chi connectivity index (χ2v) is 4.81. The van der Waals surface area contributed by atoms with Crippen LogP contribution in [-0.2, 0) is 5.41 Å². The molecule has 0 spiro atoms.